The van der Waals surface area contributed by atoms with E-state index < -0.39 is 22.0 Å². The maximum absolute atomic E-state index is 12.4. The quantitative estimate of drug-likeness (QED) is 0.480. The zero-order chi connectivity index (χ0) is 16.7. The van der Waals surface area contributed by atoms with E-state index in [1.54, 1.807) is 6.92 Å². The Morgan fingerprint density at radius 2 is 1.76 bits per heavy atom. The molecule has 0 fully saturated rings. The molecule has 0 aliphatic carbocycles. The van der Waals surface area contributed by atoms with Crippen LogP contribution in [0.15, 0.2) is 0 Å². The molecule has 0 aromatic heterocycles. The summed E-state index contributed by atoms with van der Waals surface area (Å²) in [6.45, 7) is 14.7. The standard InChI is InChI=1S/C14H33O5PSi/c1-8-10-20(16,17-9-2)18-12-13(11-15)19-21(6,7)14(3,4)5/h13,15H,8-12H2,1-7H3. The minimum atomic E-state index is -3.07. The summed E-state index contributed by atoms with van der Waals surface area (Å²) in [6, 6.07) is 0. The lowest BCUT2D eigenvalue weighted by atomic mass is 10.2. The first-order chi connectivity index (χ1) is 9.51. The highest BCUT2D eigenvalue weighted by Crippen LogP contribution is 2.49. The average Bonchev–Trinajstić information content (AvgIpc) is 2.33. The summed E-state index contributed by atoms with van der Waals surface area (Å²) in [4.78, 5) is 0. The van der Waals surface area contributed by atoms with Crippen molar-refractivity contribution in [2.45, 2.75) is 65.3 Å². The van der Waals surface area contributed by atoms with E-state index in [2.05, 4.69) is 33.9 Å². The molecule has 0 aliphatic rings. The van der Waals surface area contributed by atoms with Gasteiger partial charge in [0.2, 0.25) is 0 Å². The van der Waals surface area contributed by atoms with Gasteiger partial charge in [0.15, 0.2) is 8.32 Å². The van der Waals surface area contributed by atoms with Crippen LogP contribution in [0.5, 0.6) is 0 Å². The van der Waals surface area contributed by atoms with Crippen LogP contribution in [-0.2, 0) is 18.0 Å². The van der Waals surface area contributed by atoms with E-state index >= 15 is 0 Å². The first kappa shape index (κ1) is 21.3. The summed E-state index contributed by atoms with van der Waals surface area (Å²) in [5, 5.41) is 9.55. The smallest absolute Gasteiger partial charge is 0.330 e. The fourth-order valence-electron chi connectivity index (χ4n) is 1.55. The van der Waals surface area contributed by atoms with Crippen LogP contribution in [0.2, 0.25) is 18.1 Å². The largest absolute Gasteiger partial charge is 0.409 e. The first-order valence-corrected chi connectivity index (χ1v) is 12.3. The SMILES string of the molecule is CCCP(=O)(OCC)OCC(CO)O[Si](C)(C)C(C)(C)C. The van der Waals surface area contributed by atoms with Crippen LogP contribution in [0.4, 0.5) is 0 Å². The minimum Gasteiger partial charge on any atom is -0.409 e. The number of hydrogen-bond donors (Lipinski definition) is 1. The Hall–Kier alpha value is 0.287. The third-order valence-corrected chi connectivity index (χ3v) is 10.5. The molecule has 5 nitrogen and oxygen atoms in total. The van der Waals surface area contributed by atoms with Crippen LogP contribution < -0.4 is 0 Å². The van der Waals surface area contributed by atoms with Crippen LogP contribution in [0.1, 0.15) is 41.0 Å². The summed E-state index contributed by atoms with van der Waals surface area (Å²) < 4.78 is 29.3. The van der Waals surface area contributed by atoms with Crippen molar-refractivity contribution < 1.29 is 23.1 Å². The zero-order valence-corrected chi connectivity index (χ0v) is 16.5. The van der Waals surface area contributed by atoms with Crippen LogP contribution in [0.3, 0.4) is 0 Å². The van der Waals surface area contributed by atoms with Crippen molar-refractivity contribution in [1.82, 2.24) is 0 Å². The monoisotopic (exact) mass is 340 g/mol. The molecule has 0 heterocycles. The van der Waals surface area contributed by atoms with Crippen molar-refractivity contribution in [3.05, 3.63) is 0 Å². The van der Waals surface area contributed by atoms with Gasteiger partial charge in [-0.25, -0.2) is 0 Å². The fraction of sp³-hybridized carbons (Fsp3) is 1.00. The Balaban J connectivity index is 4.68. The zero-order valence-electron chi connectivity index (χ0n) is 14.6. The third-order valence-electron chi connectivity index (χ3n) is 3.75. The highest BCUT2D eigenvalue weighted by atomic mass is 31.2. The molecule has 128 valence electrons. The summed E-state index contributed by atoms with van der Waals surface area (Å²) in [6.07, 6.45) is 0.653. The van der Waals surface area contributed by atoms with Gasteiger partial charge in [0.25, 0.3) is 0 Å². The maximum Gasteiger partial charge on any atom is 0.330 e. The highest BCUT2D eigenvalue weighted by Gasteiger charge is 2.39. The van der Waals surface area contributed by atoms with Crippen LogP contribution >= 0.6 is 7.60 Å². The van der Waals surface area contributed by atoms with E-state index in [1.165, 1.54) is 0 Å². The Morgan fingerprint density at radius 3 is 2.14 bits per heavy atom. The second-order valence-corrected chi connectivity index (χ2v) is 13.7. The molecule has 2 unspecified atom stereocenters. The lowest BCUT2D eigenvalue weighted by molar-refractivity contribution is 0.0542. The molecule has 7 heteroatoms. The normalized spacial score (nSPS) is 17.5. The van der Waals surface area contributed by atoms with Gasteiger partial charge < -0.3 is 18.6 Å². The Bertz CT molecular complexity index is 331. The van der Waals surface area contributed by atoms with Crippen molar-refractivity contribution in [2.24, 2.45) is 0 Å². The van der Waals surface area contributed by atoms with Gasteiger partial charge in [-0.1, -0.05) is 27.7 Å². The third kappa shape index (κ3) is 7.40. The Labute approximate surface area is 131 Å². The summed E-state index contributed by atoms with van der Waals surface area (Å²) in [7, 11) is -5.06. The van der Waals surface area contributed by atoms with Gasteiger partial charge >= 0.3 is 7.60 Å². The van der Waals surface area contributed by atoms with Gasteiger partial charge in [0.1, 0.15) is 0 Å². The molecule has 0 aromatic rings. The molecule has 2 atom stereocenters. The van der Waals surface area contributed by atoms with Crippen molar-refractivity contribution in [3.63, 3.8) is 0 Å². The molecule has 0 aliphatic heterocycles. The van der Waals surface area contributed by atoms with Gasteiger partial charge in [-0.05, 0) is 31.5 Å². The predicted molar refractivity (Wildman–Crippen MR) is 89.5 cm³/mol. The fourth-order valence-corrected chi connectivity index (χ4v) is 4.55. The topological polar surface area (TPSA) is 65.0 Å². The van der Waals surface area contributed by atoms with Crippen molar-refractivity contribution in [1.29, 1.82) is 0 Å². The second kappa shape index (κ2) is 8.80. The first-order valence-electron chi connectivity index (χ1n) is 7.68. The number of aliphatic hydroxyl groups is 1. The van der Waals surface area contributed by atoms with Crippen molar-refractivity contribution in [2.75, 3.05) is 26.0 Å². The maximum atomic E-state index is 12.4. The summed E-state index contributed by atoms with van der Waals surface area (Å²) in [5.74, 6) is 0. The molecule has 1 N–H and O–H groups in total. The van der Waals surface area contributed by atoms with Gasteiger partial charge in [-0.2, -0.15) is 0 Å². The van der Waals surface area contributed by atoms with E-state index in [-0.39, 0.29) is 18.3 Å². The molecule has 0 bridgehead atoms. The number of aliphatic hydroxyl groups excluding tert-OH is 1. The van der Waals surface area contributed by atoms with Crippen LogP contribution in [0, 0.1) is 0 Å². The van der Waals surface area contributed by atoms with E-state index in [0.717, 1.165) is 6.42 Å². The van der Waals surface area contributed by atoms with E-state index in [4.69, 9.17) is 13.5 Å². The summed E-state index contributed by atoms with van der Waals surface area (Å²) >= 11 is 0. The van der Waals surface area contributed by atoms with Crippen LogP contribution in [0.25, 0.3) is 0 Å². The van der Waals surface area contributed by atoms with Crippen molar-refractivity contribution >= 4 is 15.9 Å². The Morgan fingerprint density at radius 1 is 1.19 bits per heavy atom. The molecular weight excluding hydrogens is 307 g/mol. The molecule has 0 rings (SSSR count). The lowest BCUT2D eigenvalue weighted by Crippen LogP contribution is -2.46. The van der Waals surface area contributed by atoms with Gasteiger partial charge in [0.05, 0.1) is 25.9 Å². The Kier molecular flexibility index (Phi) is 8.92. The highest BCUT2D eigenvalue weighted by molar-refractivity contribution is 7.53. The minimum absolute atomic E-state index is 0.0491. The molecule has 0 radical (unpaired) electrons. The van der Waals surface area contributed by atoms with E-state index in [0.29, 0.717) is 12.8 Å². The molecular formula is C14H33O5PSi. The molecule has 0 aromatic carbocycles. The molecule has 0 saturated carbocycles. The summed E-state index contributed by atoms with van der Waals surface area (Å²) in [5.41, 5.74) is 0. The van der Waals surface area contributed by atoms with Crippen LogP contribution in [-0.4, -0.2) is 45.5 Å². The number of rotatable bonds is 10. The lowest BCUT2D eigenvalue weighted by Gasteiger charge is -2.39. The molecule has 0 spiro atoms. The van der Waals surface area contributed by atoms with E-state index in [9.17, 15) is 9.67 Å². The predicted octanol–water partition coefficient (Wildman–Crippen LogP) is 4.03. The van der Waals surface area contributed by atoms with Crippen molar-refractivity contribution in [3.8, 4) is 0 Å². The molecule has 0 saturated heterocycles. The average molecular weight is 340 g/mol. The molecule has 0 amide bonds. The van der Waals surface area contributed by atoms with Gasteiger partial charge in [0, 0.05) is 6.16 Å². The van der Waals surface area contributed by atoms with Gasteiger partial charge in [-0.15, -0.1) is 0 Å². The number of hydrogen-bond acceptors (Lipinski definition) is 5. The van der Waals surface area contributed by atoms with Gasteiger partial charge in [-0.3, -0.25) is 4.57 Å². The van der Waals surface area contributed by atoms with E-state index in [1.807, 2.05) is 6.92 Å². The second-order valence-electron chi connectivity index (χ2n) is 6.73. The molecule has 21 heavy (non-hydrogen) atoms.